The molecule has 1 aromatic carbocycles. The number of anilines is 1. The van der Waals surface area contributed by atoms with Crippen LogP contribution in [0.3, 0.4) is 0 Å². The minimum Gasteiger partial charge on any atom is -0.434 e. The zero-order chi connectivity index (χ0) is 14.9. The summed E-state index contributed by atoms with van der Waals surface area (Å²) in [6.45, 7) is 1.69. The second-order valence-electron chi connectivity index (χ2n) is 3.94. The van der Waals surface area contributed by atoms with Crippen molar-refractivity contribution < 1.29 is 18.4 Å². The van der Waals surface area contributed by atoms with E-state index in [2.05, 4.69) is 4.98 Å². The normalized spacial score (nSPS) is 10.3. The Morgan fingerprint density at radius 3 is 2.70 bits per heavy atom. The maximum Gasteiger partial charge on any atom is 0.307 e. The Bertz CT molecular complexity index is 692. The van der Waals surface area contributed by atoms with Crippen molar-refractivity contribution in [3.05, 3.63) is 51.7 Å². The van der Waals surface area contributed by atoms with Crippen molar-refractivity contribution in [2.45, 2.75) is 6.92 Å². The van der Waals surface area contributed by atoms with Gasteiger partial charge >= 0.3 is 5.69 Å². The van der Waals surface area contributed by atoms with Crippen LogP contribution >= 0.6 is 0 Å². The largest absolute Gasteiger partial charge is 0.434 e. The van der Waals surface area contributed by atoms with Crippen LogP contribution in [-0.2, 0) is 0 Å². The number of nitrogen functional groups attached to an aromatic ring is 1. The van der Waals surface area contributed by atoms with Crippen LogP contribution in [-0.4, -0.2) is 9.91 Å². The topological polar surface area (TPSA) is 91.3 Å². The van der Waals surface area contributed by atoms with Gasteiger partial charge in [0.05, 0.1) is 16.7 Å². The number of nitrogens with zero attached hydrogens (tertiary/aromatic N) is 2. The molecule has 8 heteroatoms. The van der Waals surface area contributed by atoms with Gasteiger partial charge in [-0.15, -0.1) is 0 Å². The maximum absolute atomic E-state index is 13.6. The summed E-state index contributed by atoms with van der Waals surface area (Å²) < 4.78 is 32.1. The second kappa shape index (κ2) is 5.08. The molecule has 20 heavy (non-hydrogen) atoms. The average Bonchev–Trinajstić information content (AvgIpc) is 2.38. The van der Waals surface area contributed by atoms with Gasteiger partial charge in [0.15, 0.2) is 11.6 Å². The molecule has 2 rings (SSSR count). The molecule has 0 fully saturated rings. The Morgan fingerprint density at radius 1 is 1.35 bits per heavy atom. The van der Waals surface area contributed by atoms with E-state index in [1.165, 1.54) is 6.20 Å². The predicted octanol–water partition coefficient (Wildman–Crippen LogP) is 2.95. The van der Waals surface area contributed by atoms with Crippen molar-refractivity contribution in [3.8, 4) is 11.6 Å². The molecule has 0 aliphatic carbocycles. The molecular formula is C12H9F2N3O3. The molecule has 0 saturated carbocycles. The van der Waals surface area contributed by atoms with E-state index in [-0.39, 0.29) is 11.6 Å². The first-order valence-corrected chi connectivity index (χ1v) is 5.42. The number of nitro groups is 1. The summed E-state index contributed by atoms with van der Waals surface area (Å²) >= 11 is 0. The molecule has 0 radical (unpaired) electrons. The fourth-order valence-corrected chi connectivity index (χ4v) is 1.47. The number of hydrogen-bond donors (Lipinski definition) is 1. The number of aromatic nitrogens is 1. The lowest BCUT2D eigenvalue weighted by atomic mass is 10.2. The summed E-state index contributed by atoms with van der Waals surface area (Å²) in [5.74, 6) is -2.92. The molecule has 1 aromatic heterocycles. The van der Waals surface area contributed by atoms with Gasteiger partial charge in [-0.05, 0) is 18.6 Å². The fraction of sp³-hybridized carbons (Fsp3) is 0.0833. The van der Waals surface area contributed by atoms with E-state index in [4.69, 9.17) is 10.5 Å². The molecule has 1 heterocycles. The Labute approximate surface area is 112 Å². The van der Waals surface area contributed by atoms with Gasteiger partial charge in [-0.3, -0.25) is 10.1 Å². The number of nitro benzene ring substituents is 1. The van der Waals surface area contributed by atoms with Crippen LogP contribution in [0.25, 0.3) is 0 Å². The van der Waals surface area contributed by atoms with Crippen molar-refractivity contribution in [3.63, 3.8) is 0 Å². The highest BCUT2D eigenvalue weighted by Gasteiger charge is 2.20. The van der Waals surface area contributed by atoms with Crippen LogP contribution in [0.4, 0.5) is 20.2 Å². The van der Waals surface area contributed by atoms with Gasteiger partial charge in [-0.1, -0.05) is 0 Å². The van der Waals surface area contributed by atoms with Crippen LogP contribution in [0.15, 0.2) is 24.4 Å². The molecule has 0 bridgehead atoms. The second-order valence-corrected chi connectivity index (χ2v) is 3.94. The molecule has 0 atom stereocenters. The molecular weight excluding hydrogens is 272 g/mol. The van der Waals surface area contributed by atoms with E-state index in [0.29, 0.717) is 17.7 Å². The van der Waals surface area contributed by atoms with E-state index < -0.39 is 28.0 Å². The summed E-state index contributed by atoms with van der Waals surface area (Å²) in [6.07, 6.45) is 1.39. The van der Waals surface area contributed by atoms with Crippen molar-refractivity contribution in [2.24, 2.45) is 0 Å². The summed E-state index contributed by atoms with van der Waals surface area (Å²) in [7, 11) is 0. The van der Waals surface area contributed by atoms with Crippen molar-refractivity contribution in [1.82, 2.24) is 4.98 Å². The molecule has 0 saturated heterocycles. The zero-order valence-corrected chi connectivity index (χ0v) is 10.3. The van der Waals surface area contributed by atoms with Gasteiger partial charge in [-0.25, -0.2) is 9.37 Å². The van der Waals surface area contributed by atoms with E-state index >= 15 is 0 Å². The predicted molar refractivity (Wildman–Crippen MR) is 66.5 cm³/mol. The smallest absolute Gasteiger partial charge is 0.307 e. The molecule has 104 valence electrons. The highest BCUT2D eigenvalue weighted by Crippen LogP contribution is 2.32. The van der Waals surface area contributed by atoms with Crippen molar-refractivity contribution in [2.75, 3.05) is 5.73 Å². The SMILES string of the molecule is Cc1ccnc(Oc2cc(F)c([N+](=O)[O-])cc2F)c1N. The van der Waals surface area contributed by atoms with Crippen LogP contribution in [0.5, 0.6) is 11.6 Å². The first-order valence-electron chi connectivity index (χ1n) is 5.42. The summed E-state index contributed by atoms with van der Waals surface area (Å²) in [5, 5.41) is 10.5. The first kappa shape index (κ1) is 13.7. The monoisotopic (exact) mass is 281 g/mol. The Kier molecular flexibility index (Phi) is 3.47. The molecule has 6 nitrogen and oxygen atoms in total. The highest BCUT2D eigenvalue weighted by atomic mass is 19.1. The van der Waals surface area contributed by atoms with Crippen molar-refractivity contribution >= 4 is 11.4 Å². The van der Waals surface area contributed by atoms with E-state index in [0.717, 1.165) is 0 Å². The molecule has 0 spiro atoms. The van der Waals surface area contributed by atoms with Gasteiger partial charge in [0.25, 0.3) is 0 Å². The van der Waals surface area contributed by atoms with Crippen LogP contribution in [0.1, 0.15) is 5.56 Å². The molecule has 0 unspecified atom stereocenters. The lowest BCUT2D eigenvalue weighted by Gasteiger charge is -2.09. The number of halogens is 2. The third-order valence-electron chi connectivity index (χ3n) is 2.58. The summed E-state index contributed by atoms with van der Waals surface area (Å²) in [4.78, 5) is 13.2. The number of aryl methyl sites for hydroxylation is 1. The standard InChI is InChI=1S/C12H9F2N3O3/c1-6-2-3-16-12(11(6)15)20-10-5-7(13)9(17(18)19)4-8(10)14/h2-5H,15H2,1H3. The maximum atomic E-state index is 13.6. The number of ether oxygens (including phenoxy) is 1. The highest BCUT2D eigenvalue weighted by molar-refractivity contribution is 5.55. The quantitative estimate of drug-likeness (QED) is 0.689. The molecule has 0 aliphatic heterocycles. The van der Waals surface area contributed by atoms with Crippen molar-refractivity contribution in [1.29, 1.82) is 0 Å². The Hall–Kier alpha value is -2.77. The van der Waals surface area contributed by atoms with Gasteiger partial charge in [0.2, 0.25) is 11.7 Å². The van der Waals surface area contributed by atoms with E-state index in [1.54, 1.807) is 13.0 Å². The number of nitrogens with two attached hydrogens (primary N) is 1. The van der Waals surface area contributed by atoms with Crippen LogP contribution < -0.4 is 10.5 Å². The number of benzene rings is 1. The van der Waals surface area contributed by atoms with Gasteiger partial charge < -0.3 is 10.5 Å². The fourth-order valence-electron chi connectivity index (χ4n) is 1.47. The zero-order valence-electron chi connectivity index (χ0n) is 10.3. The Morgan fingerprint density at radius 2 is 2.05 bits per heavy atom. The number of pyridine rings is 1. The van der Waals surface area contributed by atoms with Gasteiger partial charge in [0, 0.05) is 12.3 Å². The van der Waals surface area contributed by atoms with Crippen LogP contribution in [0.2, 0.25) is 0 Å². The molecule has 0 aliphatic rings. The summed E-state index contributed by atoms with van der Waals surface area (Å²) in [5.41, 5.74) is 5.54. The third-order valence-corrected chi connectivity index (χ3v) is 2.58. The van der Waals surface area contributed by atoms with E-state index in [1.807, 2.05) is 0 Å². The minimum absolute atomic E-state index is 0.0999. The average molecular weight is 281 g/mol. The van der Waals surface area contributed by atoms with Crippen LogP contribution in [0, 0.1) is 28.7 Å². The lowest BCUT2D eigenvalue weighted by Crippen LogP contribution is -2.00. The Balaban J connectivity index is 2.42. The third kappa shape index (κ3) is 2.48. The molecule has 2 N–H and O–H groups in total. The first-order chi connectivity index (χ1) is 9.40. The minimum atomic E-state index is -1.21. The number of hydrogen-bond acceptors (Lipinski definition) is 5. The van der Waals surface area contributed by atoms with Gasteiger partial charge in [0.1, 0.15) is 0 Å². The van der Waals surface area contributed by atoms with E-state index in [9.17, 15) is 18.9 Å². The number of rotatable bonds is 3. The lowest BCUT2D eigenvalue weighted by molar-refractivity contribution is -0.387. The summed E-state index contributed by atoms with van der Waals surface area (Å²) in [6, 6.07) is 2.64. The van der Waals surface area contributed by atoms with Gasteiger partial charge in [-0.2, -0.15) is 4.39 Å². The molecule has 2 aromatic rings. The molecule has 0 amide bonds.